The van der Waals surface area contributed by atoms with E-state index in [9.17, 15) is 0 Å². The Morgan fingerprint density at radius 1 is 0.719 bits per heavy atom. The van der Waals surface area contributed by atoms with E-state index < -0.39 is 0 Å². The molecule has 3 rings (SSSR count). The lowest BCUT2D eigenvalue weighted by atomic mass is 10.1. The minimum absolute atomic E-state index is 0.0629. The molecule has 0 aliphatic carbocycles. The van der Waals surface area contributed by atoms with E-state index in [1.165, 1.54) is 0 Å². The molecule has 0 saturated carbocycles. The van der Waals surface area contributed by atoms with Gasteiger partial charge in [-0.3, -0.25) is 0 Å². The lowest BCUT2D eigenvalue weighted by Gasteiger charge is -2.11. The Morgan fingerprint density at radius 3 is 1.56 bits per heavy atom. The van der Waals surface area contributed by atoms with Gasteiger partial charge < -0.3 is 20.1 Å². The molecule has 0 radical (unpaired) electrons. The molecule has 10 nitrogen and oxygen atoms in total. The van der Waals surface area contributed by atoms with Gasteiger partial charge in [0, 0.05) is 13.1 Å². The van der Waals surface area contributed by atoms with E-state index in [0.29, 0.717) is 25.0 Å². The minimum atomic E-state index is -0.0715. The van der Waals surface area contributed by atoms with Crippen LogP contribution in [-0.4, -0.2) is 42.1 Å². The number of anilines is 2. The second kappa shape index (κ2) is 11.1. The molecule has 0 unspecified atom stereocenters. The fourth-order valence-corrected chi connectivity index (χ4v) is 2.87. The van der Waals surface area contributed by atoms with Gasteiger partial charge in [-0.05, 0) is 62.0 Å². The van der Waals surface area contributed by atoms with Gasteiger partial charge in [0.1, 0.15) is 0 Å². The molecule has 2 heterocycles. The van der Waals surface area contributed by atoms with Gasteiger partial charge in [-0.25, -0.2) is 0 Å². The van der Waals surface area contributed by atoms with Crippen LogP contribution in [-0.2, 0) is 13.1 Å². The maximum Gasteiger partial charge on any atom is 0.322 e. The Bertz CT molecular complexity index is 973. The summed E-state index contributed by atoms with van der Waals surface area (Å²) in [7, 11) is 0. The first-order valence-corrected chi connectivity index (χ1v) is 10.7. The molecular formula is C20H24Cl2N8O2. The lowest BCUT2D eigenvalue weighted by molar-refractivity contribution is 0.221. The highest BCUT2D eigenvalue weighted by Crippen LogP contribution is 2.16. The normalized spacial score (nSPS) is 11.0. The van der Waals surface area contributed by atoms with Crippen molar-refractivity contribution in [2.24, 2.45) is 0 Å². The molecule has 0 fully saturated rings. The van der Waals surface area contributed by atoms with Gasteiger partial charge in [-0.1, -0.05) is 24.3 Å². The summed E-state index contributed by atoms with van der Waals surface area (Å²) in [6.45, 7) is 8.50. The highest BCUT2D eigenvalue weighted by atomic mass is 35.5. The maximum atomic E-state index is 5.96. The smallest absolute Gasteiger partial charge is 0.322 e. The second-order valence-corrected chi connectivity index (χ2v) is 7.96. The number of nitrogens with zero attached hydrogens (tertiary/aromatic N) is 6. The Morgan fingerprint density at radius 2 is 1.16 bits per heavy atom. The zero-order chi connectivity index (χ0) is 23.1. The zero-order valence-corrected chi connectivity index (χ0v) is 19.6. The third-order valence-electron chi connectivity index (χ3n) is 3.75. The van der Waals surface area contributed by atoms with Crippen LogP contribution in [0.1, 0.15) is 38.8 Å². The number of benzene rings is 1. The Kier molecular flexibility index (Phi) is 8.18. The molecule has 3 aromatic rings. The Labute approximate surface area is 196 Å². The minimum Gasteiger partial charge on any atom is -0.461 e. The van der Waals surface area contributed by atoms with Crippen LogP contribution < -0.4 is 20.1 Å². The number of nitrogens with one attached hydrogen (secondary N) is 2. The third kappa shape index (κ3) is 7.61. The quantitative estimate of drug-likeness (QED) is 0.439. The Hall–Kier alpha value is -2.98. The third-order valence-corrected chi connectivity index (χ3v) is 4.09. The first-order valence-electron chi connectivity index (χ1n) is 9.99. The van der Waals surface area contributed by atoms with E-state index in [2.05, 4.69) is 40.5 Å². The molecule has 12 heteroatoms. The topological polar surface area (TPSA) is 120 Å². The molecule has 0 saturated heterocycles. The van der Waals surface area contributed by atoms with Gasteiger partial charge in [0.05, 0.1) is 12.2 Å². The van der Waals surface area contributed by atoms with Crippen molar-refractivity contribution in [2.75, 3.05) is 10.6 Å². The van der Waals surface area contributed by atoms with Gasteiger partial charge in [0.25, 0.3) is 0 Å². The summed E-state index contributed by atoms with van der Waals surface area (Å²) in [6.07, 6.45) is -0.143. The SMILES string of the molecule is CC(C)Oc1nc(Cl)nc(NCc2cccc(CNc3nc(Cl)nc(OC(C)C)n3)c2)n1. The standard InChI is InChI=1S/C20H24Cl2N8O2/c1-11(2)31-19-27-15(21)25-17(29-19)23-9-13-6-5-7-14(8-13)10-24-18-26-16(22)28-20(30-18)32-12(3)4/h5-8,11-12H,9-10H2,1-4H3,(H,23,25,27,29)(H,24,26,28,30). The zero-order valence-electron chi connectivity index (χ0n) is 18.1. The summed E-state index contributed by atoms with van der Waals surface area (Å²) < 4.78 is 11.0. The molecular weight excluding hydrogens is 455 g/mol. The fourth-order valence-electron chi connectivity index (χ4n) is 2.56. The molecule has 32 heavy (non-hydrogen) atoms. The molecule has 0 amide bonds. The van der Waals surface area contributed by atoms with Crippen LogP contribution in [0.3, 0.4) is 0 Å². The number of rotatable bonds is 10. The van der Waals surface area contributed by atoms with E-state index in [-0.39, 0.29) is 34.8 Å². The van der Waals surface area contributed by atoms with Crippen LogP contribution >= 0.6 is 23.2 Å². The molecule has 0 spiro atoms. The first-order chi connectivity index (χ1) is 15.3. The molecule has 2 N–H and O–H groups in total. The predicted molar refractivity (Wildman–Crippen MR) is 122 cm³/mol. The molecule has 1 aromatic carbocycles. The van der Waals surface area contributed by atoms with Gasteiger partial charge in [0.2, 0.25) is 22.5 Å². The van der Waals surface area contributed by atoms with Crippen LogP contribution in [0.5, 0.6) is 12.0 Å². The summed E-state index contributed by atoms with van der Waals surface area (Å²) in [5.41, 5.74) is 2.04. The molecule has 0 aliphatic rings. The average Bonchev–Trinajstić information content (AvgIpc) is 2.69. The van der Waals surface area contributed by atoms with E-state index in [4.69, 9.17) is 32.7 Å². The van der Waals surface area contributed by atoms with E-state index >= 15 is 0 Å². The molecule has 0 aliphatic heterocycles. The van der Waals surface area contributed by atoms with E-state index in [0.717, 1.165) is 11.1 Å². The maximum absolute atomic E-state index is 5.96. The van der Waals surface area contributed by atoms with Gasteiger partial charge in [0.15, 0.2) is 0 Å². The Balaban J connectivity index is 1.62. The first kappa shape index (κ1) is 23.7. The fraction of sp³-hybridized carbons (Fsp3) is 0.400. The van der Waals surface area contributed by atoms with E-state index in [1.54, 1.807) is 0 Å². The van der Waals surface area contributed by atoms with Crippen molar-refractivity contribution in [3.05, 3.63) is 46.0 Å². The van der Waals surface area contributed by atoms with Crippen molar-refractivity contribution >= 4 is 35.1 Å². The molecule has 2 aromatic heterocycles. The van der Waals surface area contributed by atoms with Crippen LogP contribution in [0, 0.1) is 0 Å². The van der Waals surface area contributed by atoms with Crippen LogP contribution in [0.25, 0.3) is 0 Å². The summed E-state index contributed by atoms with van der Waals surface area (Å²) >= 11 is 11.9. The van der Waals surface area contributed by atoms with Crippen LogP contribution in [0.15, 0.2) is 24.3 Å². The molecule has 0 atom stereocenters. The number of halogens is 2. The van der Waals surface area contributed by atoms with Crippen molar-refractivity contribution in [1.29, 1.82) is 0 Å². The van der Waals surface area contributed by atoms with Crippen LogP contribution in [0.4, 0.5) is 11.9 Å². The monoisotopic (exact) mass is 478 g/mol. The van der Waals surface area contributed by atoms with Crippen molar-refractivity contribution in [3.63, 3.8) is 0 Å². The van der Waals surface area contributed by atoms with Crippen molar-refractivity contribution in [1.82, 2.24) is 29.9 Å². The largest absolute Gasteiger partial charge is 0.461 e. The number of ether oxygens (including phenoxy) is 2. The highest BCUT2D eigenvalue weighted by molar-refractivity contribution is 6.28. The van der Waals surface area contributed by atoms with Gasteiger partial charge in [-0.15, -0.1) is 0 Å². The summed E-state index contributed by atoms with van der Waals surface area (Å²) in [5, 5.41) is 6.40. The summed E-state index contributed by atoms with van der Waals surface area (Å²) in [4.78, 5) is 24.5. The van der Waals surface area contributed by atoms with Gasteiger partial charge >= 0.3 is 12.0 Å². The predicted octanol–water partition coefficient (Wildman–Crippen LogP) is 4.16. The molecule has 170 valence electrons. The number of hydrogen-bond acceptors (Lipinski definition) is 10. The highest BCUT2D eigenvalue weighted by Gasteiger charge is 2.09. The van der Waals surface area contributed by atoms with Crippen LogP contribution in [0.2, 0.25) is 10.6 Å². The van der Waals surface area contributed by atoms with Crippen molar-refractivity contribution < 1.29 is 9.47 Å². The summed E-state index contributed by atoms with van der Waals surface area (Å²) in [5.74, 6) is 0.670. The van der Waals surface area contributed by atoms with Crippen molar-refractivity contribution in [3.8, 4) is 12.0 Å². The summed E-state index contributed by atoms with van der Waals surface area (Å²) in [6, 6.07) is 8.31. The second-order valence-electron chi connectivity index (χ2n) is 7.28. The van der Waals surface area contributed by atoms with Crippen molar-refractivity contribution in [2.45, 2.75) is 53.0 Å². The van der Waals surface area contributed by atoms with Gasteiger partial charge in [-0.2, -0.15) is 29.9 Å². The van der Waals surface area contributed by atoms with E-state index in [1.807, 2.05) is 52.0 Å². The molecule has 0 bridgehead atoms. The number of aromatic nitrogens is 6. The lowest BCUT2D eigenvalue weighted by Crippen LogP contribution is -2.12. The number of hydrogen-bond donors (Lipinski definition) is 2. The average molecular weight is 479 g/mol.